The molecule has 1 unspecified atom stereocenters. The van der Waals surface area contributed by atoms with Gasteiger partial charge >= 0.3 is 5.51 Å². The van der Waals surface area contributed by atoms with Crippen LogP contribution in [0.5, 0.6) is 0 Å². The second-order valence-electron chi connectivity index (χ2n) is 4.84. The first-order chi connectivity index (χ1) is 10.1. The van der Waals surface area contributed by atoms with Gasteiger partial charge < -0.3 is 0 Å². The molecule has 22 heavy (non-hydrogen) atoms. The highest BCUT2D eigenvalue weighted by atomic mass is 127. The number of thiophene rings is 1. The largest absolute Gasteiger partial charge is 0.600 e. The maximum Gasteiger partial charge on any atom is 0.600 e. The fraction of sp³-hybridized carbons (Fsp3) is 0.385. The fourth-order valence-electron chi connectivity index (χ4n) is 2.36. The van der Waals surface area contributed by atoms with Crippen molar-refractivity contribution in [2.45, 2.75) is 30.7 Å². The molecular weight excluding hydrogens is 436 g/mol. The summed E-state index contributed by atoms with van der Waals surface area (Å²) in [5, 5.41) is 0.759. The Bertz CT molecular complexity index is 641. The van der Waals surface area contributed by atoms with Gasteiger partial charge in [0.05, 0.1) is 10.5 Å². The standard InChI is InChI=1S/C13H12F3S.IO4/c14-13(15,16)17-11-7-2-1-4-10(11)8-12(17)9-5-3-6-9;2-1(3,4)5/h1-2,4,7-9H,3,5-6H2;/q+1;-1. The lowest BCUT2D eigenvalue weighted by Gasteiger charge is -2.21. The maximum atomic E-state index is 13.2. The molecule has 1 aliphatic carbocycles. The van der Waals surface area contributed by atoms with E-state index in [0.29, 0.717) is 9.58 Å². The predicted octanol–water partition coefficient (Wildman–Crippen LogP) is -2.42. The summed E-state index contributed by atoms with van der Waals surface area (Å²) in [6.07, 6.45) is 2.90. The van der Waals surface area contributed by atoms with Gasteiger partial charge in [0.2, 0.25) is 0 Å². The molecule has 0 spiro atoms. The summed E-state index contributed by atoms with van der Waals surface area (Å²) in [5.41, 5.74) is -4.13. The summed E-state index contributed by atoms with van der Waals surface area (Å²) in [5.74, 6) is 0.160. The number of hydrogen-bond donors (Lipinski definition) is 0. The van der Waals surface area contributed by atoms with Crippen LogP contribution in [0.2, 0.25) is 0 Å². The molecule has 0 N–H and O–H groups in total. The van der Waals surface area contributed by atoms with E-state index in [4.69, 9.17) is 13.7 Å². The lowest BCUT2D eigenvalue weighted by atomic mass is 9.84. The molecule has 1 aliphatic rings. The second kappa shape index (κ2) is 6.57. The van der Waals surface area contributed by atoms with E-state index < -0.39 is 36.1 Å². The van der Waals surface area contributed by atoms with Crippen molar-refractivity contribution in [1.29, 1.82) is 0 Å². The molecule has 0 radical (unpaired) electrons. The van der Waals surface area contributed by atoms with Crippen LogP contribution in [0.3, 0.4) is 0 Å². The Morgan fingerprint density at radius 2 is 1.59 bits per heavy atom. The van der Waals surface area contributed by atoms with Crippen LogP contribution in [0.4, 0.5) is 13.2 Å². The van der Waals surface area contributed by atoms with Crippen LogP contribution >= 0.6 is 10.5 Å². The summed E-state index contributed by atoms with van der Waals surface area (Å²) in [4.78, 5) is 0.616. The monoisotopic (exact) mass is 448 g/mol. The van der Waals surface area contributed by atoms with Crippen LogP contribution in [0, 0.1) is 0 Å². The first-order valence-corrected chi connectivity index (χ1v) is 11.1. The van der Waals surface area contributed by atoms with Gasteiger partial charge in [-0.05, 0) is 25.0 Å². The zero-order valence-electron chi connectivity index (χ0n) is 11.1. The van der Waals surface area contributed by atoms with E-state index in [1.54, 1.807) is 30.3 Å². The molecule has 1 aromatic carbocycles. The Morgan fingerprint density at radius 1 is 1.05 bits per heavy atom. The Balaban J connectivity index is 0.000000309. The van der Waals surface area contributed by atoms with Crippen molar-refractivity contribution in [3.05, 3.63) is 35.2 Å². The molecule has 0 amide bonds. The average molecular weight is 448 g/mol. The lowest BCUT2D eigenvalue weighted by Crippen LogP contribution is -4.29. The quantitative estimate of drug-likeness (QED) is 0.359. The van der Waals surface area contributed by atoms with Gasteiger partial charge in [-0.1, -0.05) is 18.6 Å². The molecule has 0 saturated heterocycles. The van der Waals surface area contributed by atoms with Crippen LogP contribution < -0.4 is 33.8 Å². The van der Waals surface area contributed by atoms with E-state index in [9.17, 15) is 13.2 Å². The van der Waals surface area contributed by atoms with E-state index in [0.717, 1.165) is 24.6 Å². The highest BCUT2D eigenvalue weighted by molar-refractivity contribution is 7.38. The second-order valence-corrected chi connectivity index (χ2v) is 8.99. The van der Waals surface area contributed by atoms with Gasteiger partial charge in [-0.3, -0.25) is 13.7 Å². The third kappa shape index (κ3) is 4.52. The van der Waals surface area contributed by atoms with Crippen LogP contribution in [-0.4, -0.2) is 0 Å². The summed E-state index contributed by atoms with van der Waals surface area (Å²) in [6, 6.07) is 8.68. The van der Waals surface area contributed by atoms with Gasteiger partial charge in [0.25, 0.3) is 0 Å². The molecule has 1 saturated carbocycles. The Hall–Kier alpha value is -0.460. The van der Waals surface area contributed by atoms with E-state index in [1.165, 1.54) is 0 Å². The molecule has 2 aromatic rings. The van der Waals surface area contributed by atoms with Gasteiger partial charge in [-0.2, -0.15) is 0 Å². The van der Waals surface area contributed by atoms with Crippen molar-refractivity contribution in [2.75, 3.05) is 0 Å². The zero-order valence-corrected chi connectivity index (χ0v) is 14.1. The number of hydrogen-bond acceptors (Lipinski definition) is 4. The van der Waals surface area contributed by atoms with E-state index in [-0.39, 0.29) is 5.92 Å². The molecule has 3 rings (SSSR count). The minimum atomic E-state index is -5.94. The molecule has 0 aliphatic heterocycles. The molecule has 122 valence electrons. The van der Waals surface area contributed by atoms with Crippen LogP contribution in [0.15, 0.2) is 30.3 Å². The molecule has 1 aromatic heterocycles. The lowest BCUT2D eigenvalue weighted by molar-refractivity contribution is -2.00. The number of benzene rings is 1. The number of alkyl halides is 3. The Labute approximate surface area is 133 Å². The molecule has 4 nitrogen and oxygen atoms in total. The number of halogens is 4. The van der Waals surface area contributed by atoms with Crippen molar-refractivity contribution in [1.82, 2.24) is 0 Å². The zero-order chi connectivity index (χ0) is 16.5. The number of rotatable bonds is 1. The van der Waals surface area contributed by atoms with E-state index in [2.05, 4.69) is 0 Å². The van der Waals surface area contributed by atoms with Gasteiger partial charge in [-0.25, -0.2) is 0 Å². The Kier molecular flexibility index (Phi) is 5.34. The van der Waals surface area contributed by atoms with Crippen LogP contribution in [-0.2, 0) is 5.51 Å². The highest BCUT2D eigenvalue weighted by Gasteiger charge is 2.49. The van der Waals surface area contributed by atoms with Gasteiger partial charge in [-0.15, -0.1) is 13.2 Å². The predicted molar refractivity (Wildman–Crippen MR) is 64.3 cm³/mol. The molecule has 1 heterocycles. The van der Waals surface area contributed by atoms with E-state index in [1.807, 2.05) is 0 Å². The molecular formula is C13H12F3IO4S. The Morgan fingerprint density at radius 3 is 2.05 bits per heavy atom. The third-order valence-electron chi connectivity index (χ3n) is 3.41. The van der Waals surface area contributed by atoms with Crippen molar-refractivity contribution in [3.8, 4) is 0 Å². The smallest absolute Gasteiger partial charge is 0.286 e. The van der Waals surface area contributed by atoms with E-state index >= 15 is 0 Å². The molecule has 1 fully saturated rings. The maximum absolute atomic E-state index is 13.2. The first-order valence-electron chi connectivity index (χ1n) is 6.31. The number of fused-ring (bicyclic) bond motifs is 1. The van der Waals surface area contributed by atoms with Crippen LogP contribution in [0.25, 0.3) is 10.1 Å². The van der Waals surface area contributed by atoms with Gasteiger partial charge in [0, 0.05) is 17.4 Å². The topological polar surface area (TPSA) is 92.2 Å². The van der Waals surface area contributed by atoms with Crippen LogP contribution in [0.1, 0.15) is 30.1 Å². The van der Waals surface area contributed by atoms with Crippen molar-refractivity contribution in [3.63, 3.8) is 0 Å². The summed E-state index contributed by atoms with van der Waals surface area (Å²) >= 11 is -5.94. The fourth-order valence-corrected chi connectivity index (χ4v) is 4.52. The summed E-state index contributed by atoms with van der Waals surface area (Å²) < 4.78 is 74.5. The average Bonchev–Trinajstić information content (AvgIpc) is 2.61. The third-order valence-corrected chi connectivity index (χ3v) is 5.61. The minimum Gasteiger partial charge on any atom is -0.286 e. The summed E-state index contributed by atoms with van der Waals surface area (Å²) in [7, 11) is -1.67. The highest BCUT2D eigenvalue weighted by Crippen LogP contribution is 2.55. The minimum absolute atomic E-state index is 0.160. The molecule has 1 atom stereocenters. The van der Waals surface area contributed by atoms with Crippen molar-refractivity contribution >= 4 is 20.6 Å². The van der Waals surface area contributed by atoms with Crippen molar-refractivity contribution in [2.24, 2.45) is 0 Å². The van der Waals surface area contributed by atoms with Crippen molar-refractivity contribution < 1.29 is 47.0 Å². The first kappa shape index (κ1) is 17.9. The van der Waals surface area contributed by atoms with Gasteiger partial charge in [0.15, 0.2) is 9.58 Å². The van der Waals surface area contributed by atoms with Gasteiger partial charge in [0.1, 0.15) is 20.1 Å². The molecule has 0 bridgehead atoms. The summed E-state index contributed by atoms with van der Waals surface area (Å²) in [6.45, 7) is 0. The SMILES string of the molecule is FC(F)(F)[s+]1c(C2CCC2)cc2ccccc21.[O-][I+3]([O-])([O-])[O-]. The molecule has 9 heteroatoms. The normalized spacial score (nSPS) is 17.0.